The molecule has 0 aromatic heterocycles. The number of piperidine rings is 1. The summed E-state index contributed by atoms with van der Waals surface area (Å²) in [5, 5.41) is 0.169. The molecule has 6 nitrogen and oxygen atoms in total. The van der Waals surface area contributed by atoms with E-state index >= 15 is 0 Å². The lowest BCUT2D eigenvalue weighted by Gasteiger charge is -2.40. The Morgan fingerprint density at radius 3 is 2.24 bits per heavy atom. The molecule has 10 heteroatoms. The predicted octanol–water partition coefficient (Wildman–Crippen LogP) is 5.04. The van der Waals surface area contributed by atoms with E-state index in [1.54, 1.807) is 11.0 Å². The number of fused-ring (bicyclic) bond motifs is 1. The Bertz CT molecular complexity index is 1030. The zero-order chi connectivity index (χ0) is 20.8. The summed E-state index contributed by atoms with van der Waals surface area (Å²) in [4.78, 5) is 14.0. The van der Waals surface area contributed by atoms with Crippen molar-refractivity contribution < 1.29 is 17.9 Å². The summed E-state index contributed by atoms with van der Waals surface area (Å²) in [5.74, 6) is 0. The van der Waals surface area contributed by atoms with Crippen LogP contribution in [0.3, 0.4) is 0 Å². The highest BCUT2D eigenvalue weighted by atomic mass is 35.5. The summed E-state index contributed by atoms with van der Waals surface area (Å²) in [6.07, 6.45) is 0.356. The number of carbonyl (C=O) groups is 1. The minimum Gasteiger partial charge on any atom is -0.425 e. The number of amides is 1. The van der Waals surface area contributed by atoms with Crippen molar-refractivity contribution >= 4 is 56.6 Å². The van der Waals surface area contributed by atoms with Gasteiger partial charge in [0.05, 0.1) is 15.7 Å². The molecule has 0 saturated carbocycles. The van der Waals surface area contributed by atoms with E-state index in [0.29, 0.717) is 24.1 Å². The van der Waals surface area contributed by atoms with Crippen LogP contribution in [0.1, 0.15) is 24.0 Å². The maximum Gasteiger partial charge on any atom is 0.416 e. The van der Waals surface area contributed by atoms with Gasteiger partial charge in [-0.05, 0) is 31.0 Å². The quantitative estimate of drug-likeness (QED) is 0.583. The van der Waals surface area contributed by atoms with Gasteiger partial charge in [0.25, 0.3) is 0 Å². The van der Waals surface area contributed by atoms with E-state index < -0.39 is 21.7 Å². The van der Waals surface area contributed by atoms with Gasteiger partial charge in [-0.15, -0.1) is 0 Å². The van der Waals surface area contributed by atoms with Crippen molar-refractivity contribution in [2.75, 3.05) is 18.0 Å². The monoisotopic (exact) mass is 474 g/mol. The Morgan fingerprint density at radius 2 is 1.59 bits per heavy atom. The van der Waals surface area contributed by atoms with Crippen molar-refractivity contribution in [1.82, 2.24) is 4.31 Å². The third-order valence-electron chi connectivity index (χ3n) is 5.15. The predicted molar refractivity (Wildman–Crippen MR) is 112 cm³/mol. The number of para-hydroxylation sites is 1. The first-order chi connectivity index (χ1) is 13.8. The van der Waals surface area contributed by atoms with Crippen LogP contribution in [0, 0.1) is 0 Å². The molecule has 4 rings (SSSR count). The molecule has 154 valence electrons. The first-order valence-electron chi connectivity index (χ1n) is 8.97. The van der Waals surface area contributed by atoms with Gasteiger partial charge in [0, 0.05) is 24.7 Å². The zero-order valence-corrected chi connectivity index (χ0v) is 18.2. The number of carbonyl (C=O) groups excluding carboxylic acids is 1. The second-order valence-electron chi connectivity index (χ2n) is 6.81. The molecule has 0 spiro atoms. The van der Waals surface area contributed by atoms with Crippen molar-refractivity contribution in [3.05, 3.63) is 58.1 Å². The van der Waals surface area contributed by atoms with Gasteiger partial charge >= 0.3 is 6.09 Å². The molecule has 1 amide bonds. The maximum absolute atomic E-state index is 13.1. The third-order valence-corrected chi connectivity index (χ3v) is 8.33. The first kappa shape index (κ1) is 20.8. The molecule has 1 saturated heterocycles. The topological polar surface area (TPSA) is 66.9 Å². The smallest absolute Gasteiger partial charge is 0.416 e. The van der Waals surface area contributed by atoms with Crippen LogP contribution in [0.4, 0.5) is 10.5 Å². The fourth-order valence-electron chi connectivity index (χ4n) is 3.75. The summed E-state index contributed by atoms with van der Waals surface area (Å²) in [6.45, 7) is 0.454. The minimum absolute atomic E-state index is 0.0845. The maximum atomic E-state index is 13.1. The number of cyclic esters (lactones) is 1. The molecular weight excluding hydrogens is 459 g/mol. The average Bonchev–Trinajstić information content (AvgIpc) is 2.68. The normalized spacial score (nSPS) is 21.0. The van der Waals surface area contributed by atoms with Crippen LogP contribution in [0.2, 0.25) is 10.0 Å². The lowest BCUT2D eigenvalue weighted by Crippen LogP contribution is -2.50. The van der Waals surface area contributed by atoms with Gasteiger partial charge in [-0.1, -0.05) is 59.1 Å². The molecule has 0 aliphatic carbocycles. The van der Waals surface area contributed by atoms with Gasteiger partial charge in [-0.2, -0.15) is 4.31 Å². The Labute approximate surface area is 183 Å². The fraction of sp³-hybridized carbons (Fsp3) is 0.316. The van der Waals surface area contributed by atoms with Crippen molar-refractivity contribution in [3.8, 4) is 0 Å². The highest BCUT2D eigenvalue weighted by Crippen LogP contribution is 2.40. The molecule has 2 heterocycles. The van der Waals surface area contributed by atoms with Crippen molar-refractivity contribution in [2.24, 2.45) is 0 Å². The summed E-state index contributed by atoms with van der Waals surface area (Å²) >= 11 is 18.3. The van der Waals surface area contributed by atoms with Gasteiger partial charge in [-0.3, -0.25) is 4.90 Å². The second kappa shape index (κ2) is 7.96. The van der Waals surface area contributed by atoms with Crippen LogP contribution in [0.15, 0.2) is 47.4 Å². The summed E-state index contributed by atoms with van der Waals surface area (Å²) in [5.41, 5.74) is 0.573. The average molecular weight is 476 g/mol. The first-order valence-corrected chi connectivity index (χ1v) is 11.6. The number of sulfonamides is 1. The number of alkyl halides is 1. The van der Waals surface area contributed by atoms with E-state index in [2.05, 4.69) is 0 Å². The Hall–Kier alpha value is -1.51. The lowest BCUT2D eigenvalue weighted by atomic mass is 10.0. The van der Waals surface area contributed by atoms with Gasteiger partial charge in [0.2, 0.25) is 15.6 Å². The van der Waals surface area contributed by atoms with Crippen molar-refractivity contribution in [2.45, 2.75) is 29.3 Å². The molecule has 2 aromatic rings. The number of benzene rings is 2. The molecular formula is C19H17Cl3N2O4S. The molecule has 2 aliphatic rings. The molecule has 2 aromatic carbocycles. The zero-order valence-electron chi connectivity index (χ0n) is 15.1. The molecule has 2 aliphatic heterocycles. The van der Waals surface area contributed by atoms with E-state index in [0.717, 1.165) is 0 Å². The molecule has 1 fully saturated rings. The van der Waals surface area contributed by atoms with Crippen LogP contribution < -0.4 is 4.90 Å². The van der Waals surface area contributed by atoms with Gasteiger partial charge in [0.1, 0.15) is 4.90 Å². The highest BCUT2D eigenvalue weighted by molar-refractivity contribution is 7.89. The Kier molecular flexibility index (Phi) is 5.70. The van der Waals surface area contributed by atoms with Gasteiger partial charge < -0.3 is 4.74 Å². The number of hydrogen-bond acceptors (Lipinski definition) is 4. The highest BCUT2D eigenvalue weighted by Gasteiger charge is 2.39. The van der Waals surface area contributed by atoms with Crippen LogP contribution in [-0.2, 0) is 14.8 Å². The van der Waals surface area contributed by atoms with Crippen LogP contribution in [0.5, 0.6) is 0 Å². The number of hydrogen-bond donors (Lipinski definition) is 0. The molecule has 29 heavy (non-hydrogen) atoms. The largest absolute Gasteiger partial charge is 0.425 e. The molecule has 0 N–H and O–H groups in total. The Morgan fingerprint density at radius 1 is 0.966 bits per heavy atom. The summed E-state index contributed by atoms with van der Waals surface area (Å²) < 4.78 is 32.7. The van der Waals surface area contributed by atoms with Crippen LogP contribution >= 0.6 is 34.8 Å². The molecule has 0 bridgehead atoms. The molecule has 0 radical (unpaired) electrons. The lowest BCUT2D eigenvalue weighted by molar-refractivity contribution is 0.129. The number of ether oxygens (including phenoxy) is 1. The second-order valence-corrected chi connectivity index (χ2v) is 9.90. The molecule has 1 unspecified atom stereocenters. The molecule has 1 atom stereocenters. The number of nitrogens with zero attached hydrogens (tertiary/aromatic N) is 2. The Balaban J connectivity index is 1.56. The van der Waals surface area contributed by atoms with E-state index in [-0.39, 0.29) is 34.1 Å². The van der Waals surface area contributed by atoms with E-state index in [1.807, 2.05) is 24.3 Å². The van der Waals surface area contributed by atoms with E-state index in [1.165, 1.54) is 16.4 Å². The summed E-state index contributed by atoms with van der Waals surface area (Å²) in [7, 11) is -3.85. The SMILES string of the molecule is O=C1OC(Cl)c2ccccc2N1C1CCN(S(=O)(=O)c2c(Cl)cccc2Cl)CC1. The standard InChI is InChI=1S/C19H17Cl3N2O4S/c20-14-5-3-6-15(21)17(14)29(26,27)23-10-8-12(9-11-23)24-16-7-2-1-4-13(16)18(22)28-19(24)25/h1-7,12,18H,8-11H2. The number of halogens is 3. The van der Waals surface area contributed by atoms with Crippen molar-refractivity contribution in [1.29, 1.82) is 0 Å². The minimum atomic E-state index is -3.85. The van der Waals surface area contributed by atoms with Crippen LogP contribution in [-0.4, -0.2) is 37.9 Å². The number of anilines is 1. The van der Waals surface area contributed by atoms with Crippen LogP contribution in [0.25, 0.3) is 0 Å². The van der Waals surface area contributed by atoms with E-state index in [4.69, 9.17) is 39.5 Å². The summed E-state index contributed by atoms with van der Waals surface area (Å²) in [6, 6.07) is 11.7. The van der Waals surface area contributed by atoms with Gasteiger partial charge in [0.15, 0.2) is 0 Å². The van der Waals surface area contributed by atoms with Crippen molar-refractivity contribution in [3.63, 3.8) is 0 Å². The third kappa shape index (κ3) is 3.70. The van der Waals surface area contributed by atoms with E-state index in [9.17, 15) is 13.2 Å². The number of rotatable bonds is 3. The fourth-order valence-corrected chi connectivity index (χ4v) is 6.57. The van der Waals surface area contributed by atoms with Gasteiger partial charge in [-0.25, -0.2) is 13.2 Å².